The maximum Gasteiger partial charge on any atom is 0.248 e. The topological polar surface area (TPSA) is 102 Å². The number of rotatable bonds is 3. The van der Waals surface area contributed by atoms with E-state index in [1.54, 1.807) is 18.6 Å². The van der Waals surface area contributed by atoms with Crippen molar-refractivity contribution in [3.05, 3.63) is 59.8 Å². The molecule has 3 heterocycles. The first-order valence-electron chi connectivity index (χ1n) is 8.43. The fraction of sp³-hybridized carbons (Fsp3) is 0.105. The van der Waals surface area contributed by atoms with Gasteiger partial charge in [-0.15, -0.1) is 0 Å². The van der Waals surface area contributed by atoms with E-state index in [9.17, 15) is 4.79 Å². The third kappa shape index (κ3) is 2.41. The van der Waals surface area contributed by atoms with E-state index in [0.717, 1.165) is 40.8 Å². The quantitative estimate of drug-likeness (QED) is 0.430. The monoisotopic (exact) mass is 344 g/mol. The third-order valence-corrected chi connectivity index (χ3v) is 4.71. The number of anilines is 1. The molecule has 0 aliphatic heterocycles. The molecule has 0 fully saturated rings. The lowest BCUT2D eigenvalue weighted by atomic mass is 9.94. The van der Waals surface area contributed by atoms with Crippen LogP contribution >= 0.6 is 0 Å². The molecular formula is C19H16N6O. The summed E-state index contributed by atoms with van der Waals surface area (Å²) in [6.07, 6.45) is 10.3. The number of fused-ring (bicyclic) bond motifs is 5. The van der Waals surface area contributed by atoms with Crippen LogP contribution in [0.5, 0.6) is 0 Å². The van der Waals surface area contributed by atoms with E-state index >= 15 is 0 Å². The van der Waals surface area contributed by atoms with Gasteiger partial charge in [0.25, 0.3) is 0 Å². The minimum absolute atomic E-state index is 0.187. The van der Waals surface area contributed by atoms with E-state index in [0.29, 0.717) is 5.69 Å². The summed E-state index contributed by atoms with van der Waals surface area (Å²) in [7, 11) is 0. The Bertz CT molecular complexity index is 1130. The van der Waals surface area contributed by atoms with Crippen molar-refractivity contribution in [2.24, 2.45) is 0 Å². The Kier molecular flexibility index (Phi) is 3.24. The van der Waals surface area contributed by atoms with E-state index < -0.39 is 0 Å². The van der Waals surface area contributed by atoms with Crippen molar-refractivity contribution in [2.45, 2.75) is 12.8 Å². The van der Waals surface area contributed by atoms with Gasteiger partial charge in [-0.3, -0.25) is 9.89 Å². The van der Waals surface area contributed by atoms with Crippen molar-refractivity contribution in [1.29, 1.82) is 0 Å². The molecular weight excluding hydrogens is 328 g/mol. The van der Waals surface area contributed by atoms with Crippen molar-refractivity contribution in [1.82, 2.24) is 25.1 Å². The van der Waals surface area contributed by atoms with Crippen LogP contribution < -0.4 is 5.32 Å². The molecule has 7 heteroatoms. The molecule has 5 rings (SSSR count). The number of H-pyrrole nitrogens is 3. The highest BCUT2D eigenvalue weighted by molar-refractivity contribution is 6.03. The number of imidazole rings is 1. The Morgan fingerprint density at radius 2 is 2.19 bits per heavy atom. The summed E-state index contributed by atoms with van der Waals surface area (Å²) in [5.41, 5.74) is 7.20. The summed E-state index contributed by atoms with van der Waals surface area (Å²) < 4.78 is 0. The second-order valence-electron chi connectivity index (χ2n) is 6.33. The van der Waals surface area contributed by atoms with Crippen LogP contribution in [0.3, 0.4) is 0 Å². The Morgan fingerprint density at radius 1 is 1.23 bits per heavy atom. The van der Waals surface area contributed by atoms with Crippen molar-refractivity contribution in [2.75, 3.05) is 5.32 Å². The molecule has 4 N–H and O–H groups in total. The van der Waals surface area contributed by atoms with Crippen LogP contribution in [-0.2, 0) is 17.6 Å². The summed E-state index contributed by atoms with van der Waals surface area (Å²) in [4.78, 5) is 22.5. The molecule has 1 aliphatic rings. The second-order valence-corrected chi connectivity index (χ2v) is 6.33. The lowest BCUT2D eigenvalue weighted by Gasteiger charge is -2.11. The smallest absolute Gasteiger partial charge is 0.248 e. The summed E-state index contributed by atoms with van der Waals surface area (Å²) in [5.74, 6) is -0.187. The predicted molar refractivity (Wildman–Crippen MR) is 99.5 cm³/mol. The minimum atomic E-state index is -0.187. The fourth-order valence-corrected chi connectivity index (χ4v) is 3.48. The van der Waals surface area contributed by atoms with Crippen molar-refractivity contribution < 1.29 is 4.79 Å². The molecule has 0 unspecified atom stereocenters. The fourth-order valence-electron chi connectivity index (χ4n) is 3.48. The van der Waals surface area contributed by atoms with Crippen LogP contribution in [0.15, 0.2) is 43.0 Å². The third-order valence-electron chi connectivity index (χ3n) is 4.71. The highest BCUT2D eigenvalue weighted by atomic mass is 16.1. The van der Waals surface area contributed by atoms with Gasteiger partial charge in [0.2, 0.25) is 5.91 Å². The van der Waals surface area contributed by atoms with Crippen LogP contribution in [0, 0.1) is 0 Å². The molecule has 0 bridgehead atoms. The molecule has 1 amide bonds. The number of aromatic amines is 3. The van der Waals surface area contributed by atoms with Gasteiger partial charge in [-0.05, 0) is 48.2 Å². The van der Waals surface area contributed by atoms with E-state index in [1.165, 1.54) is 17.2 Å². The number of nitrogens with one attached hydrogen (secondary N) is 4. The molecule has 3 aromatic heterocycles. The number of carbonyl (C=O) groups excluding carboxylic acids is 1. The molecule has 0 saturated carbocycles. The average molecular weight is 344 g/mol. The van der Waals surface area contributed by atoms with Gasteiger partial charge in [0, 0.05) is 28.9 Å². The molecule has 1 aromatic carbocycles. The largest absolute Gasteiger partial charge is 0.353 e. The Balaban J connectivity index is 1.45. The van der Waals surface area contributed by atoms with Crippen LogP contribution in [0.2, 0.25) is 0 Å². The van der Waals surface area contributed by atoms with Crippen LogP contribution in [0.25, 0.3) is 28.4 Å². The minimum Gasteiger partial charge on any atom is -0.353 e. The zero-order valence-corrected chi connectivity index (χ0v) is 13.8. The van der Waals surface area contributed by atoms with Crippen LogP contribution in [-0.4, -0.2) is 31.1 Å². The molecule has 0 radical (unpaired) electrons. The Morgan fingerprint density at radius 3 is 3.08 bits per heavy atom. The molecule has 1 aliphatic carbocycles. The number of benzene rings is 1. The van der Waals surface area contributed by atoms with Crippen LogP contribution in [0.4, 0.5) is 5.69 Å². The second kappa shape index (κ2) is 5.73. The zero-order chi connectivity index (χ0) is 17.5. The number of carbonyl (C=O) groups is 1. The molecule has 26 heavy (non-hydrogen) atoms. The van der Waals surface area contributed by atoms with Crippen LogP contribution in [0.1, 0.15) is 16.8 Å². The van der Waals surface area contributed by atoms with E-state index in [4.69, 9.17) is 0 Å². The van der Waals surface area contributed by atoms with Gasteiger partial charge in [0.1, 0.15) is 0 Å². The number of aryl methyl sites for hydroxylation is 2. The van der Waals surface area contributed by atoms with Gasteiger partial charge in [0.05, 0.1) is 29.6 Å². The summed E-state index contributed by atoms with van der Waals surface area (Å²) in [6, 6.07) is 5.92. The van der Waals surface area contributed by atoms with Gasteiger partial charge >= 0.3 is 0 Å². The molecule has 0 spiro atoms. The number of amides is 1. The first-order chi connectivity index (χ1) is 12.8. The van der Waals surface area contributed by atoms with Gasteiger partial charge in [0.15, 0.2) is 0 Å². The molecule has 0 saturated heterocycles. The molecule has 0 atom stereocenters. The van der Waals surface area contributed by atoms with Crippen molar-refractivity contribution in [3.8, 4) is 11.4 Å². The van der Waals surface area contributed by atoms with Crippen molar-refractivity contribution in [3.63, 3.8) is 0 Å². The Labute approximate surface area is 148 Å². The van der Waals surface area contributed by atoms with Gasteiger partial charge < -0.3 is 15.3 Å². The highest BCUT2D eigenvalue weighted by Gasteiger charge is 2.22. The lowest BCUT2D eigenvalue weighted by molar-refractivity contribution is -0.111. The SMILES string of the molecule is O=C(C=Cc1c[nH]cn1)Nc1ccc2[nH]c3c(c2c1)CCc1cn[nH]c1-3. The maximum atomic E-state index is 12.1. The normalized spacial score (nSPS) is 13.1. The number of aromatic nitrogens is 5. The number of hydrogen-bond acceptors (Lipinski definition) is 3. The van der Waals surface area contributed by atoms with Crippen molar-refractivity contribution >= 4 is 28.6 Å². The van der Waals surface area contributed by atoms with Gasteiger partial charge in [-0.1, -0.05) is 0 Å². The Hall–Kier alpha value is -3.61. The van der Waals surface area contributed by atoms with E-state index in [-0.39, 0.29) is 5.91 Å². The molecule has 7 nitrogen and oxygen atoms in total. The first kappa shape index (κ1) is 14.7. The summed E-state index contributed by atoms with van der Waals surface area (Å²) >= 11 is 0. The maximum absolute atomic E-state index is 12.1. The van der Waals surface area contributed by atoms with E-state index in [2.05, 4.69) is 30.5 Å². The number of hydrogen-bond donors (Lipinski definition) is 4. The predicted octanol–water partition coefficient (Wildman–Crippen LogP) is 3.03. The first-order valence-corrected chi connectivity index (χ1v) is 8.43. The standard InChI is InChI=1S/C19H16N6O/c26-17(6-3-13-9-20-10-21-13)23-12-2-5-16-15(7-12)14-4-1-11-8-22-25-18(11)19(14)24-16/h2-3,5-10,24H,1,4H2,(H,20,21)(H,22,25)(H,23,26). The zero-order valence-electron chi connectivity index (χ0n) is 13.8. The van der Waals surface area contributed by atoms with Gasteiger partial charge in [-0.25, -0.2) is 4.98 Å². The number of nitrogens with zero attached hydrogens (tertiary/aromatic N) is 2. The summed E-state index contributed by atoms with van der Waals surface area (Å²) in [6.45, 7) is 0. The average Bonchev–Trinajstić information content (AvgIpc) is 3.38. The summed E-state index contributed by atoms with van der Waals surface area (Å²) in [5, 5.41) is 11.3. The lowest BCUT2D eigenvalue weighted by Crippen LogP contribution is -2.07. The molecule has 4 aromatic rings. The molecule has 128 valence electrons. The van der Waals surface area contributed by atoms with E-state index in [1.807, 2.05) is 24.4 Å². The highest BCUT2D eigenvalue weighted by Crippen LogP contribution is 2.37. The van der Waals surface area contributed by atoms with Gasteiger partial charge in [-0.2, -0.15) is 5.10 Å².